The quantitative estimate of drug-likeness (QED) is 0.716. The van der Waals surface area contributed by atoms with Crippen molar-refractivity contribution in [2.24, 2.45) is 0 Å². The average molecular weight is 462 g/mol. The summed E-state index contributed by atoms with van der Waals surface area (Å²) in [5.74, 6) is 0.429. The van der Waals surface area contributed by atoms with Gasteiger partial charge in [-0.3, -0.25) is 4.72 Å². The van der Waals surface area contributed by atoms with Crippen LogP contribution in [-0.4, -0.2) is 15.5 Å². The van der Waals surface area contributed by atoms with E-state index >= 15 is 0 Å². The number of halogens is 3. The third kappa shape index (κ3) is 3.48. The van der Waals surface area contributed by atoms with Gasteiger partial charge in [0.15, 0.2) is 0 Å². The molecule has 1 aromatic heterocycles. The van der Waals surface area contributed by atoms with Crippen molar-refractivity contribution in [1.82, 2.24) is 0 Å². The zero-order valence-corrected chi connectivity index (χ0v) is 15.5. The third-order valence-electron chi connectivity index (χ3n) is 2.29. The van der Waals surface area contributed by atoms with Crippen LogP contribution in [-0.2, 0) is 10.0 Å². The first kappa shape index (κ1) is 16.1. The van der Waals surface area contributed by atoms with Crippen LogP contribution in [0.3, 0.4) is 0 Å². The zero-order chi connectivity index (χ0) is 14.9. The Bertz CT molecular complexity index is 727. The maximum Gasteiger partial charge on any atom is 0.271 e. The summed E-state index contributed by atoms with van der Waals surface area (Å²) < 4.78 is 33.6. The minimum Gasteiger partial charge on any atom is -0.495 e. The molecule has 0 amide bonds. The molecule has 2 aromatic rings. The maximum atomic E-state index is 12.3. The number of sulfonamides is 1. The second kappa shape index (κ2) is 6.23. The summed E-state index contributed by atoms with van der Waals surface area (Å²) in [6.07, 6.45) is 0. The predicted molar refractivity (Wildman–Crippen MR) is 88.5 cm³/mol. The summed E-state index contributed by atoms with van der Waals surface area (Å²) in [4.78, 5) is 0. The van der Waals surface area contributed by atoms with E-state index in [4.69, 9.17) is 16.3 Å². The summed E-state index contributed by atoms with van der Waals surface area (Å²) in [6.45, 7) is 0. The molecule has 0 aliphatic rings. The first-order valence-electron chi connectivity index (χ1n) is 5.14. The predicted octanol–water partition coefficient (Wildman–Crippen LogP) is 4.74. The summed E-state index contributed by atoms with van der Waals surface area (Å²) in [7, 11) is -2.24. The number of rotatable bonds is 4. The normalized spacial score (nSPS) is 11.4. The lowest BCUT2D eigenvalue weighted by atomic mass is 10.3. The Morgan fingerprint density at radius 3 is 2.55 bits per heavy atom. The highest BCUT2D eigenvalue weighted by Gasteiger charge is 2.20. The molecule has 0 spiro atoms. The van der Waals surface area contributed by atoms with Gasteiger partial charge in [-0.1, -0.05) is 27.5 Å². The molecule has 0 atom stereocenters. The number of anilines is 1. The summed E-state index contributed by atoms with van der Waals surface area (Å²) in [5.41, 5.74) is 0.350. The van der Waals surface area contributed by atoms with Crippen LogP contribution < -0.4 is 9.46 Å². The Morgan fingerprint density at radius 1 is 1.30 bits per heavy atom. The highest BCUT2D eigenvalue weighted by atomic mass is 79.9. The van der Waals surface area contributed by atoms with Crippen LogP contribution in [0.4, 0.5) is 5.69 Å². The van der Waals surface area contributed by atoms with Crippen molar-refractivity contribution >= 4 is 70.5 Å². The average Bonchev–Trinajstić information content (AvgIpc) is 2.70. The minimum atomic E-state index is -3.71. The molecule has 1 N–H and O–H groups in total. The molecule has 0 unspecified atom stereocenters. The van der Waals surface area contributed by atoms with Gasteiger partial charge in [0.05, 0.1) is 21.6 Å². The molecule has 0 fully saturated rings. The molecule has 0 radical (unpaired) electrons. The van der Waals surface area contributed by atoms with E-state index in [1.165, 1.54) is 13.2 Å². The second-order valence-electron chi connectivity index (χ2n) is 3.64. The summed E-state index contributed by atoms with van der Waals surface area (Å²) >= 11 is 13.4. The van der Waals surface area contributed by atoms with Crippen LogP contribution in [0.25, 0.3) is 0 Å². The molecule has 9 heteroatoms. The van der Waals surface area contributed by atoms with Crippen molar-refractivity contribution in [1.29, 1.82) is 0 Å². The monoisotopic (exact) mass is 459 g/mol. The fraction of sp³-hybridized carbons (Fsp3) is 0.0909. The highest BCUT2D eigenvalue weighted by Crippen LogP contribution is 2.36. The van der Waals surface area contributed by atoms with Gasteiger partial charge >= 0.3 is 0 Å². The van der Waals surface area contributed by atoms with Crippen molar-refractivity contribution in [3.8, 4) is 5.75 Å². The molecule has 0 aliphatic carbocycles. The van der Waals surface area contributed by atoms with Crippen molar-refractivity contribution in [3.63, 3.8) is 0 Å². The number of thiophene rings is 1. The number of ether oxygens (including phenoxy) is 1. The van der Waals surface area contributed by atoms with Gasteiger partial charge in [0.1, 0.15) is 9.96 Å². The van der Waals surface area contributed by atoms with Crippen molar-refractivity contribution in [2.75, 3.05) is 11.8 Å². The molecule has 0 saturated heterocycles. The van der Waals surface area contributed by atoms with E-state index in [-0.39, 0.29) is 4.21 Å². The molecule has 0 saturated carbocycles. The molecule has 2 rings (SSSR count). The Labute approximate surface area is 142 Å². The van der Waals surface area contributed by atoms with Gasteiger partial charge < -0.3 is 4.74 Å². The molecular weight excluding hydrogens is 454 g/mol. The second-order valence-corrected chi connectivity index (χ2v) is 9.24. The lowest BCUT2D eigenvalue weighted by Gasteiger charge is -2.11. The number of hydrogen-bond acceptors (Lipinski definition) is 4. The molecule has 1 aromatic carbocycles. The lowest BCUT2D eigenvalue weighted by Crippen LogP contribution is -2.12. The maximum absolute atomic E-state index is 12.3. The third-order valence-corrected chi connectivity index (χ3v) is 7.10. The fourth-order valence-electron chi connectivity index (χ4n) is 1.41. The molecule has 4 nitrogen and oxygen atoms in total. The highest BCUT2D eigenvalue weighted by molar-refractivity contribution is 9.11. The van der Waals surface area contributed by atoms with E-state index in [0.717, 1.165) is 15.8 Å². The Morgan fingerprint density at radius 2 is 2.00 bits per heavy atom. The standard InChI is InChI=1S/C11H8Br2ClNO3S2/c1-18-9-3-2-6(12)4-8(9)15-20(16,17)10-5-7(14)11(13)19-10/h2-5,15H,1H3. The van der Waals surface area contributed by atoms with Gasteiger partial charge in [0.2, 0.25) is 0 Å². The minimum absolute atomic E-state index is 0.122. The smallest absolute Gasteiger partial charge is 0.271 e. The molecule has 1 heterocycles. The van der Waals surface area contributed by atoms with Crippen molar-refractivity contribution in [2.45, 2.75) is 4.21 Å². The molecule has 108 valence electrons. The lowest BCUT2D eigenvalue weighted by molar-refractivity contribution is 0.417. The van der Waals surface area contributed by atoms with Crippen LogP contribution in [0.1, 0.15) is 0 Å². The molecular formula is C11H8Br2ClNO3S2. The first-order chi connectivity index (χ1) is 9.33. The molecule has 20 heavy (non-hydrogen) atoms. The first-order valence-corrected chi connectivity index (χ1v) is 9.41. The number of benzene rings is 1. The van der Waals surface area contributed by atoms with Crippen molar-refractivity contribution in [3.05, 3.63) is 37.5 Å². The number of methoxy groups -OCH3 is 1. The Kier molecular flexibility index (Phi) is 5.01. The van der Waals surface area contributed by atoms with Gasteiger partial charge in [-0.25, -0.2) is 8.42 Å². The van der Waals surface area contributed by atoms with E-state index in [9.17, 15) is 8.42 Å². The van der Waals surface area contributed by atoms with Gasteiger partial charge in [0, 0.05) is 4.47 Å². The Hall–Kier alpha value is -0.280. The summed E-state index contributed by atoms with van der Waals surface area (Å²) in [6, 6.07) is 6.44. The van der Waals surface area contributed by atoms with Crippen LogP contribution in [0.2, 0.25) is 5.02 Å². The van der Waals surface area contributed by atoms with E-state index in [2.05, 4.69) is 36.6 Å². The van der Waals surface area contributed by atoms with Crippen LogP contribution in [0.15, 0.2) is 36.7 Å². The molecule has 0 aliphatic heterocycles. The van der Waals surface area contributed by atoms with Gasteiger partial charge in [-0.2, -0.15) is 0 Å². The van der Waals surface area contributed by atoms with Gasteiger partial charge in [-0.05, 0) is 40.2 Å². The summed E-state index contributed by atoms with van der Waals surface area (Å²) in [5, 5.41) is 0.358. The van der Waals surface area contributed by atoms with Crippen LogP contribution in [0.5, 0.6) is 5.75 Å². The van der Waals surface area contributed by atoms with Gasteiger partial charge in [0.25, 0.3) is 10.0 Å². The van der Waals surface area contributed by atoms with Crippen molar-refractivity contribution < 1.29 is 13.2 Å². The van der Waals surface area contributed by atoms with E-state index in [1.807, 2.05) is 0 Å². The van der Waals surface area contributed by atoms with E-state index in [1.54, 1.807) is 18.2 Å². The van der Waals surface area contributed by atoms with Crippen LogP contribution in [0, 0.1) is 0 Å². The number of hydrogen-bond donors (Lipinski definition) is 1. The number of nitrogens with one attached hydrogen (secondary N) is 1. The van der Waals surface area contributed by atoms with E-state index < -0.39 is 10.0 Å². The molecule has 0 bridgehead atoms. The van der Waals surface area contributed by atoms with E-state index in [0.29, 0.717) is 20.2 Å². The fourth-order valence-corrected chi connectivity index (χ4v) is 5.23. The topological polar surface area (TPSA) is 55.4 Å². The van der Waals surface area contributed by atoms with Crippen LogP contribution >= 0.6 is 54.8 Å². The largest absolute Gasteiger partial charge is 0.495 e. The Balaban J connectivity index is 2.40. The SMILES string of the molecule is COc1ccc(Br)cc1NS(=O)(=O)c1cc(Cl)c(Br)s1. The zero-order valence-electron chi connectivity index (χ0n) is 9.98. The van der Waals surface area contributed by atoms with Gasteiger partial charge in [-0.15, -0.1) is 11.3 Å².